The van der Waals surface area contributed by atoms with Gasteiger partial charge in [0.05, 0.1) is 6.10 Å². The second kappa shape index (κ2) is 11.9. The maximum absolute atomic E-state index is 11.1. The average molecular weight is 473 g/mol. The lowest BCUT2D eigenvalue weighted by atomic mass is 9.66. The molecule has 2 aliphatic rings. The van der Waals surface area contributed by atoms with Crippen LogP contribution in [-0.2, 0) is 4.79 Å². The summed E-state index contributed by atoms with van der Waals surface area (Å²) in [6.45, 7) is 4.66. The molecule has 0 heterocycles. The topological polar surface area (TPSA) is 57.5 Å². The highest BCUT2D eigenvalue weighted by Crippen LogP contribution is 2.66. The number of fused-ring (bicyclic) bond motifs is 1. The van der Waals surface area contributed by atoms with Gasteiger partial charge in [0.1, 0.15) is 0 Å². The highest BCUT2D eigenvalue weighted by molar-refractivity contribution is 5.90. The van der Waals surface area contributed by atoms with Crippen molar-refractivity contribution in [3.05, 3.63) is 83.9 Å². The molecule has 0 aliphatic heterocycles. The van der Waals surface area contributed by atoms with Crippen molar-refractivity contribution < 1.29 is 15.0 Å². The van der Waals surface area contributed by atoms with Crippen molar-refractivity contribution in [2.45, 2.75) is 83.2 Å². The fourth-order valence-corrected chi connectivity index (χ4v) is 6.61. The monoisotopic (exact) mass is 472 g/mol. The zero-order valence-corrected chi connectivity index (χ0v) is 20.9. The first-order valence-electron chi connectivity index (χ1n) is 13.5. The second-order valence-corrected chi connectivity index (χ2v) is 10.4. The SMILES string of the molecule is C=C(c1ccccc1)C12CCC(O)C1CC(CCCCCCCCCC(=O)O)=C2c1ccccc1. The first kappa shape index (κ1) is 25.4. The summed E-state index contributed by atoms with van der Waals surface area (Å²) in [5.74, 6) is -0.485. The Morgan fingerprint density at radius 1 is 0.886 bits per heavy atom. The van der Waals surface area contributed by atoms with Gasteiger partial charge in [-0.3, -0.25) is 4.79 Å². The minimum atomic E-state index is -0.688. The van der Waals surface area contributed by atoms with E-state index in [1.807, 2.05) is 0 Å². The summed E-state index contributed by atoms with van der Waals surface area (Å²) in [5, 5.41) is 19.8. The van der Waals surface area contributed by atoms with Gasteiger partial charge in [-0.2, -0.15) is 0 Å². The molecule has 0 aromatic heterocycles. The molecule has 0 amide bonds. The first-order valence-corrected chi connectivity index (χ1v) is 13.5. The van der Waals surface area contributed by atoms with Crippen LogP contribution in [0.4, 0.5) is 0 Å². The maximum Gasteiger partial charge on any atom is 0.303 e. The lowest BCUT2D eigenvalue weighted by Gasteiger charge is -2.37. The number of unbranched alkanes of at least 4 members (excludes halogenated alkanes) is 6. The third kappa shape index (κ3) is 5.62. The van der Waals surface area contributed by atoms with E-state index in [2.05, 4.69) is 67.2 Å². The predicted octanol–water partition coefficient (Wildman–Crippen LogP) is 7.91. The standard InChI is InChI=1S/C32H40O3/c1-24(25-15-10-7-11-16-25)32-22-21-29(33)28(32)23-27(31(32)26-17-12-8-13-18-26)19-9-5-3-2-4-6-14-20-30(34)35/h7-8,10-13,15-18,28-29,33H,1-6,9,14,19-23H2,(H,34,35). The van der Waals surface area contributed by atoms with Crippen molar-refractivity contribution in [1.82, 2.24) is 0 Å². The summed E-state index contributed by atoms with van der Waals surface area (Å²) in [4.78, 5) is 10.6. The normalized spacial score (nSPS) is 23.5. The van der Waals surface area contributed by atoms with Gasteiger partial charge in [-0.05, 0) is 60.8 Å². The molecular formula is C32H40O3. The number of carboxylic acids is 1. The van der Waals surface area contributed by atoms with Crippen LogP contribution in [0.2, 0.25) is 0 Å². The molecule has 35 heavy (non-hydrogen) atoms. The van der Waals surface area contributed by atoms with Gasteiger partial charge < -0.3 is 10.2 Å². The van der Waals surface area contributed by atoms with Crippen LogP contribution in [-0.4, -0.2) is 22.3 Å². The maximum atomic E-state index is 11.1. The van der Waals surface area contributed by atoms with E-state index in [4.69, 9.17) is 5.11 Å². The van der Waals surface area contributed by atoms with Crippen LogP contribution in [0.15, 0.2) is 72.8 Å². The Morgan fingerprint density at radius 3 is 2.14 bits per heavy atom. The predicted molar refractivity (Wildman–Crippen MR) is 144 cm³/mol. The number of allylic oxidation sites excluding steroid dienone is 3. The molecule has 186 valence electrons. The lowest BCUT2D eigenvalue weighted by Crippen LogP contribution is -2.29. The second-order valence-electron chi connectivity index (χ2n) is 10.4. The first-order chi connectivity index (χ1) is 17.0. The van der Waals surface area contributed by atoms with Crippen molar-refractivity contribution in [1.29, 1.82) is 0 Å². The zero-order chi connectivity index (χ0) is 24.7. The molecule has 3 atom stereocenters. The quantitative estimate of drug-likeness (QED) is 0.291. The Morgan fingerprint density at radius 2 is 1.49 bits per heavy atom. The van der Waals surface area contributed by atoms with Gasteiger partial charge in [-0.25, -0.2) is 0 Å². The number of aliphatic hydroxyl groups is 1. The molecule has 0 saturated heterocycles. The van der Waals surface area contributed by atoms with E-state index in [1.165, 1.54) is 41.5 Å². The average Bonchev–Trinajstić information content (AvgIpc) is 3.38. The third-order valence-electron chi connectivity index (χ3n) is 8.29. The van der Waals surface area contributed by atoms with Crippen molar-refractivity contribution in [3.8, 4) is 0 Å². The molecule has 3 unspecified atom stereocenters. The summed E-state index contributed by atoms with van der Waals surface area (Å²) in [6.07, 6.45) is 11.5. The van der Waals surface area contributed by atoms with Gasteiger partial charge in [0, 0.05) is 17.8 Å². The number of hydrogen-bond donors (Lipinski definition) is 2. The van der Waals surface area contributed by atoms with Crippen LogP contribution in [0.1, 0.15) is 88.2 Å². The highest BCUT2D eigenvalue weighted by Gasteiger charge is 2.56. The van der Waals surface area contributed by atoms with Crippen molar-refractivity contribution >= 4 is 17.1 Å². The van der Waals surface area contributed by atoms with Crippen LogP contribution >= 0.6 is 0 Å². The Kier molecular flexibility index (Phi) is 8.62. The minimum Gasteiger partial charge on any atom is -0.481 e. The van der Waals surface area contributed by atoms with Gasteiger partial charge in [0.15, 0.2) is 0 Å². The number of aliphatic hydroxyl groups excluding tert-OH is 1. The summed E-state index contributed by atoms with van der Waals surface area (Å²) >= 11 is 0. The van der Waals surface area contributed by atoms with Crippen molar-refractivity contribution in [2.75, 3.05) is 0 Å². The molecule has 1 fully saturated rings. The number of carbonyl (C=O) groups is 1. The van der Waals surface area contributed by atoms with Gasteiger partial charge in [-0.1, -0.05) is 105 Å². The number of aliphatic carboxylic acids is 1. The third-order valence-corrected chi connectivity index (χ3v) is 8.29. The summed E-state index contributed by atoms with van der Waals surface area (Å²) in [6, 6.07) is 21.3. The van der Waals surface area contributed by atoms with E-state index in [0.29, 0.717) is 6.42 Å². The lowest BCUT2D eigenvalue weighted by molar-refractivity contribution is -0.137. The summed E-state index contributed by atoms with van der Waals surface area (Å²) < 4.78 is 0. The molecule has 2 aromatic carbocycles. The number of hydrogen-bond acceptors (Lipinski definition) is 2. The van der Waals surface area contributed by atoms with Crippen LogP contribution < -0.4 is 0 Å². The molecule has 3 nitrogen and oxygen atoms in total. The Balaban J connectivity index is 1.50. The molecule has 0 bridgehead atoms. The Hall–Kier alpha value is -2.65. The minimum absolute atomic E-state index is 0.193. The van der Waals surface area contributed by atoms with Crippen LogP contribution in [0, 0.1) is 11.3 Å². The number of rotatable bonds is 13. The van der Waals surface area contributed by atoms with Gasteiger partial charge in [0.25, 0.3) is 0 Å². The van der Waals surface area contributed by atoms with E-state index in [9.17, 15) is 9.90 Å². The Labute approximate surface area is 210 Å². The van der Waals surface area contributed by atoms with E-state index >= 15 is 0 Å². The van der Waals surface area contributed by atoms with E-state index in [1.54, 1.807) is 0 Å². The molecule has 4 rings (SSSR count). The number of carboxylic acid groups (broad SMARTS) is 1. The molecule has 2 N–H and O–H groups in total. The molecule has 2 aromatic rings. The largest absolute Gasteiger partial charge is 0.481 e. The van der Waals surface area contributed by atoms with Crippen LogP contribution in [0.5, 0.6) is 0 Å². The number of benzene rings is 2. The summed E-state index contributed by atoms with van der Waals surface area (Å²) in [7, 11) is 0. The molecule has 1 saturated carbocycles. The van der Waals surface area contributed by atoms with Crippen LogP contribution in [0.25, 0.3) is 11.1 Å². The van der Waals surface area contributed by atoms with E-state index in [0.717, 1.165) is 56.9 Å². The van der Waals surface area contributed by atoms with Crippen LogP contribution in [0.3, 0.4) is 0 Å². The molecule has 0 radical (unpaired) electrons. The van der Waals surface area contributed by atoms with Crippen molar-refractivity contribution in [3.63, 3.8) is 0 Å². The van der Waals surface area contributed by atoms with Crippen molar-refractivity contribution in [2.24, 2.45) is 11.3 Å². The van der Waals surface area contributed by atoms with E-state index < -0.39 is 5.97 Å². The van der Waals surface area contributed by atoms with Gasteiger partial charge in [0.2, 0.25) is 0 Å². The molecule has 2 aliphatic carbocycles. The molecule has 3 heteroatoms. The van der Waals surface area contributed by atoms with Gasteiger partial charge in [-0.15, -0.1) is 0 Å². The fraction of sp³-hybridized carbons (Fsp3) is 0.469. The molecular weight excluding hydrogens is 432 g/mol. The molecule has 0 spiro atoms. The fourth-order valence-electron chi connectivity index (χ4n) is 6.61. The Bertz CT molecular complexity index is 1020. The highest BCUT2D eigenvalue weighted by atomic mass is 16.4. The zero-order valence-electron chi connectivity index (χ0n) is 20.9. The smallest absolute Gasteiger partial charge is 0.303 e. The van der Waals surface area contributed by atoms with E-state index in [-0.39, 0.29) is 17.4 Å². The summed E-state index contributed by atoms with van der Waals surface area (Å²) in [5.41, 5.74) is 6.39. The van der Waals surface area contributed by atoms with Gasteiger partial charge >= 0.3 is 5.97 Å².